The minimum absolute atomic E-state index is 0.122. The van der Waals surface area contributed by atoms with Crippen LogP contribution in [0.5, 0.6) is 0 Å². The topological polar surface area (TPSA) is 43.0 Å². The molecule has 12 fully saturated rings. The second kappa shape index (κ2) is 18.1. The summed E-state index contributed by atoms with van der Waals surface area (Å²) in [5, 5.41) is 8.50. The van der Waals surface area contributed by atoms with Crippen molar-refractivity contribution in [3.05, 3.63) is 146 Å². The van der Waals surface area contributed by atoms with E-state index in [2.05, 4.69) is 195 Å². The quantitative estimate of drug-likeness (QED) is 0.165. The van der Waals surface area contributed by atoms with E-state index in [4.69, 9.17) is 9.47 Å². The molecule has 9 aromatic rings. The molecule has 6 aliphatic heterocycles. The van der Waals surface area contributed by atoms with Gasteiger partial charge < -0.3 is 23.2 Å². The predicted molar refractivity (Wildman–Crippen MR) is 345 cm³/mol. The summed E-state index contributed by atoms with van der Waals surface area (Å²) >= 11 is 0. The Bertz CT molecular complexity index is 3620. The van der Waals surface area contributed by atoms with E-state index in [0.717, 1.165) is 18.3 Å². The minimum Gasteiger partial charge on any atom is -0.370 e. The number of benzene rings is 6. The van der Waals surface area contributed by atoms with Gasteiger partial charge in [-0.05, 0) is 149 Å². The van der Waals surface area contributed by atoms with Crippen LogP contribution in [-0.2, 0) is 9.47 Å². The molecule has 6 saturated heterocycles. The average Bonchev–Trinajstić information content (AvgIpc) is 1.11. The van der Waals surface area contributed by atoms with E-state index in [1.165, 1.54) is 142 Å². The van der Waals surface area contributed by atoms with Gasteiger partial charge >= 0.3 is 0 Å². The lowest BCUT2D eigenvalue weighted by Gasteiger charge is -2.80. The van der Waals surface area contributed by atoms with Crippen LogP contribution in [0.2, 0.25) is 0 Å². The summed E-state index contributed by atoms with van der Waals surface area (Å²) < 4.78 is 25.6. The summed E-state index contributed by atoms with van der Waals surface area (Å²) in [5.74, 6) is 3.44. The maximum atomic E-state index is 8.38. The Balaban J connectivity index is 0.854. The lowest BCUT2D eigenvalue weighted by atomic mass is 9.60. The van der Waals surface area contributed by atoms with E-state index in [1.54, 1.807) is 0 Å². The van der Waals surface area contributed by atoms with Crippen LogP contribution in [0.25, 0.3) is 65.4 Å². The van der Waals surface area contributed by atoms with E-state index < -0.39 is 7.92 Å². The molecule has 8 nitrogen and oxygen atoms in total. The molecule has 9 heterocycles. The Hall–Kier alpha value is -5.05. The fraction of sp³-hybridized carbons (Fsp3) is 0.526. The first-order valence-corrected chi connectivity index (χ1v) is 35.8. The molecule has 21 rings (SSSR count). The first-order chi connectivity index (χ1) is 41.9. The van der Waals surface area contributed by atoms with E-state index >= 15 is 0 Å². The van der Waals surface area contributed by atoms with Crippen molar-refractivity contribution in [1.29, 1.82) is 0 Å². The molecule has 12 aliphatic rings. The van der Waals surface area contributed by atoms with Gasteiger partial charge in [-0.2, -0.15) is 0 Å². The third-order valence-electron chi connectivity index (χ3n) is 26.7. The Morgan fingerprint density at radius 1 is 0.318 bits per heavy atom. The molecule has 0 radical (unpaired) electrons. The zero-order valence-electron chi connectivity index (χ0n) is 49.9. The highest BCUT2D eigenvalue weighted by Gasteiger charge is 2.77. The zero-order valence-corrected chi connectivity index (χ0v) is 50.7. The first kappa shape index (κ1) is 49.9. The van der Waals surface area contributed by atoms with Gasteiger partial charge in [0.15, 0.2) is 0 Å². The Labute approximate surface area is 501 Å². The van der Waals surface area contributed by atoms with Gasteiger partial charge in [0, 0.05) is 143 Å². The lowest BCUT2D eigenvalue weighted by molar-refractivity contribution is -0.258. The summed E-state index contributed by atoms with van der Waals surface area (Å²) in [4.78, 5) is 10.5. The van der Waals surface area contributed by atoms with Gasteiger partial charge in [-0.15, -0.1) is 0 Å². The van der Waals surface area contributed by atoms with Gasteiger partial charge in [0.05, 0.1) is 36.5 Å². The molecule has 25 unspecified atom stereocenters. The number of nitrogens with zero attached hydrogens (tertiary/aromatic N) is 6. The fourth-order valence-corrected chi connectivity index (χ4v) is 29.5. The van der Waals surface area contributed by atoms with Gasteiger partial charge in [-0.1, -0.05) is 138 Å². The van der Waals surface area contributed by atoms with Crippen molar-refractivity contribution in [2.24, 2.45) is 29.6 Å². The molecule has 6 aromatic carbocycles. The summed E-state index contributed by atoms with van der Waals surface area (Å²) in [5.41, 5.74) is 10.5. The van der Waals surface area contributed by atoms with E-state index in [1.807, 2.05) is 0 Å². The van der Waals surface area contributed by atoms with Crippen molar-refractivity contribution in [2.75, 3.05) is 0 Å². The molecule has 9 heteroatoms. The van der Waals surface area contributed by atoms with Crippen LogP contribution in [0.3, 0.4) is 0 Å². The van der Waals surface area contributed by atoms with E-state index in [0.29, 0.717) is 95.1 Å². The maximum absolute atomic E-state index is 8.38. The summed E-state index contributed by atoms with van der Waals surface area (Å²) in [6.45, 7) is 7.73. The normalized spacial score (nSPS) is 43.4. The van der Waals surface area contributed by atoms with Crippen molar-refractivity contribution in [3.8, 4) is 0 Å². The van der Waals surface area contributed by atoms with Gasteiger partial charge in [-0.3, -0.25) is 14.7 Å². The number of aromatic nitrogens is 3. The molecule has 25 atom stereocenters. The largest absolute Gasteiger partial charge is 0.370 e. The second-order valence-corrected chi connectivity index (χ2v) is 33.1. The molecule has 6 aliphatic carbocycles. The number of hydrogen-bond acceptors (Lipinski definition) is 5. The molecular weight excluding hydrogens is 1060 g/mol. The molecule has 0 bridgehead atoms. The molecule has 434 valence electrons. The number of ether oxygens (including phenoxy) is 2. The maximum Gasteiger partial charge on any atom is 0.0949 e. The molecule has 0 amide bonds. The highest BCUT2D eigenvalue weighted by Crippen LogP contribution is 2.78. The monoisotopic (exact) mass is 1140 g/mol. The van der Waals surface area contributed by atoms with Crippen molar-refractivity contribution < 1.29 is 9.47 Å². The van der Waals surface area contributed by atoms with Crippen LogP contribution >= 0.6 is 7.92 Å². The number of rotatable bonds is 3. The second-order valence-electron chi connectivity index (χ2n) is 30.5. The van der Waals surface area contributed by atoms with Gasteiger partial charge in [0.1, 0.15) is 0 Å². The summed E-state index contributed by atoms with van der Waals surface area (Å²) in [6.07, 6.45) is 17.4. The lowest BCUT2D eigenvalue weighted by Crippen LogP contribution is -2.88. The van der Waals surface area contributed by atoms with Crippen LogP contribution in [-0.4, -0.2) is 124 Å². The average molecular weight is 1140 g/mol. The third-order valence-corrected chi connectivity index (χ3v) is 30.8. The highest BCUT2D eigenvalue weighted by atomic mass is 31.1. The van der Waals surface area contributed by atoms with Crippen LogP contribution in [0.15, 0.2) is 146 Å². The van der Waals surface area contributed by atoms with Crippen LogP contribution in [0, 0.1) is 29.6 Å². The Morgan fingerprint density at radius 3 is 1.06 bits per heavy atom. The first-order valence-electron chi connectivity index (χ1n) is 34.3. The van der Waals surface area contributed by atoms with Gasteiger partial charge in [-0.25, -0.2) is 0 Å². The van der Waals surface area contributed by atoms with Crippen molar-refractivity contribution in [2.45, 2.75) is 218 Å². The number of piperidine rings is 1. The van der Waals surface area contributed by atoms with Crippen LogP contribution < -0.4 is 0 Å². The molecule has 3 aromatic heterocycles. The smallest absolute Gasteiger partial charge is 0.0949 e. The van der Waals surface area contributed by atoms with Crippen LogP contribution in [0.1, 0.15) is 122 Å². The number of hydrogen-bond donors (Lipinski definition) is 0. The zero-order chi connectivity index (χ0) is 55.4. The van der Waals surface area contributed by atoms with Gasteiger partial charge in [0.25, 0.3) is 0 Å². The molecule has 0 N–H and O–H groups in total. The van der Waals surface area contributed by atoms with E-state index in [9.17, 15) is 0 Å². The summed E-state index contributed by atoms with van der Waals surface area (Å²) in [6, 6.07) is 62.5. The summed E-state index contributed by atoms with van der Waals surface area (Å²) in [7, 11) is -0.509. The molecule has 85 heavy (non-hydrogen) atoms. The van der Waals surface area contributed by atoms with Crippen molar-refractivity contribution in [1.82, 2.24) is 28.4 Å². The Kier molecular flexibility index (Phi) is 10.6. The fourth-order valence-electron chi connectivity index (χ4n) is 24.2. The third kappa shape index (κ3) is 6.51. The minimum atomic E-state index is -0.509. The van der Waals surface area contributed by atoms with E-state index in [-0.39, 0.29) is 36.5 Å². The Morgan fingerprint density at radius 2 is 0.647 bits per heavy atom. The van der Waals surface area contributed by atoms with Crippen molar-refractivity contribution >= 4 is 73.3 Å². The number of fused-ring (bicyclic) bond motifs is 18. The van der Waals surface area contributed by atoms with Gasteiger partial charge in [0.2, 0.25) is 0 Å². The SMILES string of the molecule is CC1CCC2C(C1)CC1C3C4C(CC1n1c5ccccc5c5ccccc51)N1C5CCC(C)CC5OC5C1C1C(CC5n5c6ccccc6c6ccccc65)N5C6CCC(C)CC6OC6C5C(C(CC6n5c6ccccc6c6ccccc65)N23)P41. The number of para-hydroxylation sites is 6. The standard InChI is InChI=1S/C76H83N6O2P/c1-41-28-31-52-44(34-41)37-51-61(77-53-22-10-4-16-45(53)46-17-5-11-23-54(46)77)38-64-74-69(51)80(52)65-39-62(78-55-24-12-6-18-47(55)48-19-7-13-25-56(48)78)72-70-75(65)85(74)76-66(82(70)60-33-30-43(3)36-68(60)84-72)40-63(73-71(76)81(64)59-32-29-42(2)35-67(59)83-73)79-57-26-14-8-20-49(57)50-21-9-15-27-58(50)79/h4-27,41-44,51-52,59-76H,28-40H2,1-3H3. The van der Waals surface area contributed by atoms with Crippen LogP contribution in [0.4, 0.5) is 0 Å². The molecule has 6 saturated carbocycles. The van der Waals surface area contributed by atoms with Crippen molar-refractivity contribution in [3.63, 3.8) is 0 Å². The number of morpholine rings is 2. The molecule has 0 spiro atoms. The highest BCUT2D eigenvalue weighted by molar-refractivity contribution is 7.60. The molecular formula is C76H83N6O2P. The predicted octanol–water partition coefficient (Wildman–Crippen LogP) is 15.7.